The number of nitrogens with two attached hydrogens (primary N) is 1. The van der Waals surface area contributed by atoms with Gasteiger partial charge in [-0.05, 0) is 24.3 Å². The quantitative estimate of drug-likeness (QED) is 0.855. The maximum absolute atomic E-state index is 13.8. The summed E-state index contributed by atoms with van der Waals surface area (Å²) in [6.07, 6.45) is 0. The van der Waals surface area contributed by atoms with E-state index in [1.54, 1.807) is 24.3 Å². The van der Waals surface area contributed by atoms with E-state index in [1.807, 2.05) is 0 Å². The van der Waals surface area contributed by atoms with Gasteiger partial charge < -0.3 is 11.1 Å². The fraction of sp³-hybridized carbons (Fsp3) is 0. The van der Waals surface area contributed by atoms with Crippen LogP contribution in [0.2, 0.25) is 5.02 Å². The number of nitrogens with one attached hydrogen (secondary N) is 1. The SMILES string of the molecule is NC(=S)c1ccccc1NC(=O)c1cccc(Cl)c1F. The second-order valence-electron chi connectivity index (χ2n) is 3.97. The van der Waals surface area contributed by atoms with Gasteiger partial charge in [0.15, 0.2) is 5.82 Å². The molecule has 6 heteroatoms. The van der Waals surface area contributed by atoms with E-state index in [-0.39, 0.29) is 15.6 Å². The third-order valence-electron chi connectivity index (χ3n) is 2.64. The van der Waals surface area contributed by atoms with E-state index < -0.39 is 11.7 Å². The lowest BCUT2D eigenvalue weighted by Crippen LogP contribution is -2.18. The number of amides is 1. The molecule has 3 N–H and O–H groups in total. The third-order valence-corrected chi connectivity index (χ3v) is 3.15. The molecule has 2 aromatic rings. The van der Waals surface area contributed by atoms with Crippen LogP contribution in [0.3, 0.4) is 0 Å². The molecule has 0 atom stereocenters. The number of halogens is 2. The van der Waals surface area contributed by atoms with Crippen molar-refractivity contribution in [2.24, 2.45) is 5.73 Å². The van der Waals surface area contributed by atoms with Crippen LogP contribution in [-0.4, -0.2) is 10.9 Å². The Balaban J connectivity index is 2.33. The third kappa shape index (κ3) is 2.95. The summed E-state index contributed by atoms with van der Waals surface area (Å²) in [6.45, 7) is 0. The lowest BCUT2D eigenvalue weighted by Gasteiger charge is -2.10. The standard InChI is InChI=1S/C14H10ClFN2OS/c15-10-6-3-5-9(12(10)16)14(19)18-11-7-2-1-4-8(11)13(17)20/h1-7H,(H2,17,20)(H,18,19). The molecule has 0 saturated carbocycles. The summed E-state index contributed by atoms with van der Waals surface area (Å²) in [4.78, 5) is 12.2. The molecule has 0 spiro atoms. The minimum atomic E-state index is -0.764. The second-order valence-corrected chi connectivity index (χ2v) is 4.81. The highest BCUT2D eigenvalue weighted by Gasteiger charge is 2.15. The number of carbonyl (C=O) groups excluding carboxylic acids is 1. The number of thiocarbonyl (C=S) groups is 1. The predicted octanol–water partition coefficient (Wildman–Crippen LogP) is 3.37. The fourth-order valence-electron chi connectivity index (χ4n) is 1.68. The molecule has 1 amide bonds. The van der Waals surface area contributed by atoms with E-state index in [0.29, 0.717) is 11.3 Å². The van der Waals surface area contributed by atoms with Gasteiger partial charge in [-0.1, -0.05) is 42.0 Å². The van der Waals surface area contributed by atoms with Crippen molar-refractivity contribution in [3.63, 3.8) is 0 Å². The fourth-order valence-corrected chi connectivity index (χ4v) is 2.03. The monoisotopic (exact) mass is 308 g/mol. The first-order valence-corrected chi connectivity index (χ1v) is 6.43. The molecule has 0 aliphatic rings. The first-order chi connectivity index (χ1) is 9.50. The number of para-hydroxylation sites is 1. The number of rotatable bonds is 3. The summed E-state index contributed by atoms with van der Waals surface area (Å²) in [5, 5.41) is 2.46. The maximum Gasteiger partial charge on any atom is 0.258 e. The molecule has 2 aromatic carbocycles. The van der Waals surface area contributed by atoms with Crippen molar-refractivity contribution in [3.05, 3.63) is 64.4 Å². The van der Waals surface area contributed by atoms with Crippen LogP contribution in [0, 0.1) is 5.82 Å². The van der Waals surface area contributed by atoms with E-state index >= 15 is 0 Å². The molecule has 0 fully saturated rings. The average molecular weight is 309 g/mol. The largest absolute Gasteiger partial charge is 0.389 e. The Hall–Kier alpha value is -1.98. The molecule has 3 nitrogen and oxygen atoms in total. The lowest BCUT2D eigenvalue weighted by molar-refractivity contribution is 0.102. The summed E-state index contributed by atoms with van der Waals surface area (Å²) in [5.74, 6) is -1.38. The van der Waals surface area contributed by atoms with Gasteiger partial charge in [-0.2, -0.15) is 0 Å². The van der Waals surface area contributed by atoms with Crippen molar-refractivity contribution in [2.45, 2.75) is 0 Å². The molecule has 0 radical (unpaired) electrons. The Morgan fingerprint density at radius 2 is 1.80 bits per heavy atom. The van der Waals surface area contributed by atoms with Crippen LogP contribution in [0.4, 0.5) is 10.1 Å². The summed E-state index contributed by atoms with van der Waals surface area (Å²) >= 11 is 10.5. The summed E-state index contributed by atoms with van der Waals surface area (Å²) in [5.41, 5.74) is 6.36. The van der Waals surface area contributed by atoms with E-state index in [4.69, 9.17) is 29.6 Å². The minimum absolute atomic E-state index is 0.111. The molecule has 0 bridgehead atoms. The highest BCUT2D eigenvalue weighted by molar-refractivity contribution is 7.80. The van der Waals surface area contributed by atoms with E-state index in [0.717, 1.165) is 0 Å². The molecular formula is C14H10ClFN2OS. The van der Waals surface area contributed by atoms with Crippen molar-refractivity contribution in [3.8, 4) is 0 Å². The van der Waals surface area contributed by atoms with Crippen molar-refractivity contribution < 1.29 is 9.18 Å². The Morgan fingerprint density at radius 1 is 1.15 bits per heavy atom. The smallest absolute Gasteiger partial charge is 0.258 e. The van der Waals surface area contributed by atoms with Gasteiger partial charge in [-0.25, -0.2) is 4.39 Å². The Labute approximate surface area is 125 Å². The molecule has 0 aromatic heterocycles. The lowest BCUT2D eigenvalue weighted by atomic mass is 10.1. The first kappa shape index (κ1) is 14.4. The number of benzene rings is 2. The Kier molecular flexibility index (Phi) is 4.32. The van der Waals surface area contributed by atoms with Crippen molar-refractivity contribution in [1.29, 1.82) is 0 Å². The maximum atomic E-state index is 13.8. The normalized spacial score (nSPS) is 10.1. The number of anilines is 1. The molecule has 0 heterocycles. The first-order valence-electron chi connectivity index (χ1n) is 5.65. The molecule has 2 rings (SSSR count). The van der Waals surface area contributed by atoms with Gasteiger partial charge in [0.2, 0.25) is 0 Å². The van der Waals surface area contributed by atoms with Crippen molar-refractivity contribution in [1.82, 2.24) is 0 Å². The molecule has 0 aliphatic carbocycles. The van der Waals surface area contributed by atoms with Crippen LogP contribution in [0.15, 0.2) is 42.5 Å². The van der Waals surface area contributed by atoms with Crippen molar-refractivity contribution >= 4 is 40.4 Å². The summed E-state index contributed by atoms with van der Waals surface area (Å²) in [7, 11) is 0. The molecular weight excluding hydrogens is 299 g/mol. The zero-order chi connectivity index (χ0) is 14.7. The second kappa shape index (κ2) is 5.98. The average Bonchev–Trinajstić information content (AvgIpc) is 2.42. The van der Waals surface area contributed by atoms with Crippen molar-refractivity contribution in [2.75, 3.05) is 5.32 Å². The van der Waals surface area contributed by atoms with Gasteiger partial charge >= 0.3 is 0 Å². The van der Waals surface area contributed by atoms with Gasteiger partial charge in [-0.3, -0.25) is 4.79 Å². The zero-order valence-electron chi connectivity index (χ0n) is 10.2. The van der Waals surface area contributed by atoms with Crippen LogP contribution in [0.1, 0.15) is 15.9 Å². The van der Waals surface area contributed by atoms with Gasteiger partial charge in [0.25, 0.3) is 5.91 Å². The van der Waals surface area contributed by atoms with Gasteiger partial charge in [-0.15, -0.1) is 0 Å². The topological polar surface area (TPSA) is 55.1 Å². The van der Waals surface area contributed by atoms with Crippen LogP contribution in [0.25, 0.3) is 0 Å². The number of hydrogen-bond donors (Lipinski definition) is 2. The highest BCUT2D eigenvalue weighted by Crippen LogP contribution is 2.20. The van der Waals surface area contributed by atoms with Gasteiger partial charge in [0.05, 0.1) is 16.3 Å². The zero-order valence-corrected chi connectivity index (χ0v) is 11.8. The Morgan fingerprint density at radius 3 is 2.50 bits per heavy atom. The van der Waals surface area contributed by atoms with Crippen LogP contribution >= 0.6 is 23.8 Å². The molecule has 0 saturated heterocycles. The molecule has 102 valence electrons. The molecule has 20 heavy (non-hydrogen) atoms. The van der Waals surface area contributed by atoms with Gasteiger partial charge in [0, 0.05) is 5.56 Å². The van der Waals surface area contributed by atoms with E-state index in [2.05, 4.69) is 5.32 Å². The molecule has 0 unspecified atom stereocenters. The van der Waals surface area contributed by atoms with Crippen LogP contribution in [-0.2, 0) is 0 Å². The van der Waals surface area contributed by atoms with Crippen LogP contribution in [0.5, 0.6) is 0 Å². The number of carbonyl (C=O) groups is 1. The van der Waals surface area contributed by atoms with E-state index in [1.165, 1.54) is 18.2 Å². The van der Waals surface area contributed by atoms with E-state index in [9.17, 15) is 9.18 Å². The summed E-state index contributed by atoms with van der Waals surface area (Å²) in [6, 6.07) is 11.0. The van der Waals surface area contributed by atoms with Gasteiger partial charge in [0.1, 0.15) is 4.99 Å². The van der Waals surface area contributed by atoms with Crippen LogP contribution < -0.4 is 11.1 Å². The highest BCUT2D eigenvalue weighted by atomic mass is 35.5. The Bertz CT molecular complexity index is 691. The predicted molar refractivity (Wildman–Crippen MR) is 81.7 cm³/mol. The molecule has 0 aliphatic heterocycles. The summed E-state index contributed by atoms with van der Waals surface area (Å²) < 4.78 is 13.8. The minimum Gasteiger partial charge on any atom is -0.389 e. The number of hydrogen-bond acceptors (Lipinski definition) is 2.